The highest BCUT2D eigenvalue weighted by Crippen LogP contribution is 2.10. The summed E-state index contributed by atoms with van der Waals surface area (Å²) in [6.07, 6.45) is 0.696. The van der Waals surface area contributed by atoms with E-state index in [1.165, 1.54) is 19.2 Å². The minimum Gasteiger partial charge on any atom is -0.465 e. The molecule has 0 saturated carbocycles. The molecule has 0 aliphatic heterocycles. The highest BCUT2D eigenvalue weighted by molar-refractivity contribution is 5.89. The fraction of sp³-hybridized carbons (Fsp3) is 0.300. The predicted molar refractivity (Wildman–Crippen MR) is 47.1 cm³/mol. The molecule has 0 atom stereocenters. The second-order valence-electron chi connectivity index (χ2n) is 2.69. The van der Waals surface area contributed by atoms with Gasteiger partial charge in [0.1, 0.15) is 5.82 Å². The molecule has 0 fully saturated rings. The van der Waals surface area contributed by atoms with Crippen LogP contribution in [0.15, 0.2) is 18.2 Å². The number of carbonyl (C=O) groups excluding carboxylic acids is 1. The van der Waals surface area contributed by atoms with Crippen LogP contribution in [0.1, 0.15) is 22.8 Å². The van der Waals surface area contributed by atoms with Crippen LogP contribution in [-0.2, 0) is 11.2 Å². The molecule has 1 aromatic rings. The third-order valence-electron chi connectivity index (χ3n) is 1.79. The summed E-state index contributed by atoms with van der Waals surface area (Å²) < 4.78 is 17.4. The first-order valence-electron chi connectivity index (χ1n) is 4.05. The van der Waals surface area contributed by atoms with Gasteiger partial charge in [0.2, 0.25) is 0 Å². The molecule has 0 N–H and O–H groups in total. The van der Waals surface area contributed by atoms with Gasteiger partial charge < -0.3 is 4.74 Å². The van der Waals surface area contributed by atoms with Gasteiger partial charge in [-0.1, -0.05) is 6.92 Å². The van der Waals surface area contributed by atoms with Gasteiger partial charge in [0, 0.05) is 0 Å². The number of rotatable bonds is 2. The molecule has 0 saturated heterocycles. The quantitative estimate of drug-likeness (QED) is 0.655. The fourth-order valence-corrected chi connectivity index (χ4v) is 1.09. The number of aryl methyl sites for hydroxylation is 1. The molecule has 1 rings (SSSR count). The first-order valence-corrected chi connectivity index (χ1v) is 4.05. The van der Waals surface area contributed by atoms with E-state index in [-0.39, 0.29) is 5.56 Å². The van der Waals surface area contributed by atoms with Crippen LogP contribution in [0.2, 0.25) is 0 Å². The summed E-state index contributed by atoms with van der Waals surface area (Å²) in [5.74, 6) is -0.908. The van der Waals surface area contributed by atoms with E-state index >= 15 is 0 Å². The van der Waals surface area contributed by atoms with Gasteiger partial charge in [-0.3, -0.25) is 0 Å². The van der Waals surface area contributed by atoms with Crippen LogP contribution in [0.3, 0.4) is 0 Å². The van der Waals surface area contributed by atoms with Crippen molar-refractivity contribution in [1.82, 2.24) is 0 Å². The van der Waals surface area contributed by atoms with Crippen molar-refractivity contribution in [3.63, 3.8) is 0 Å². The Morgan fingerprint density at radius 1 is 1.46 bits per heavy atom. The summed E-state index contributed by atoms with van der Waals surface area (Å²) in [5, 5.41) is 0. The average Bonchev–Trinajstić information content (AvgIpc) is 2.15. The Morgan fingerprint density at radius 3 is 2.69 bits per heavy atom. The van der Waals surface area contributed by atoms with Gasteiger partial charge in [-0.25, -0.2) is 9.18 Å². The van der Waals surface area contributed by atoms with Gasteiger partial charge in [-0.15, -0.1) is 0 Å². The van der Waals surface area contributed by atoms with Crippen LogP contribution >= 0.6 is 0 Å². The van der Waals surface area contributed by atoms with Gasteiger partial charge in [-0.2, -0.15) is 0 Å². The molecule has 0 radical (unpaired) electrons. The van der Waals surface area contributed by atoms with Gasteiger partial charge in [-0.05, 0) is 30.2 Å². The molecule has 0 bridgehead atoms. The molecule has 0 aliphatic rings. The van der Waals surface area contributed by atoms with Gasteiger partial charge in [0.05, 0.1) is 12.7 Å². The Hall–Kier alpha value is -1.38. The van der Waals surface area contributed by atoms with Crippen molar-refractivity contribution in [1.29, 1.82) is 0 Å². The molecule has 3 heteroatoms. The zero-order valence-corrected chi connectivity index (χ0v) is 7.63. The Kier molecular flexibility index (Phi) is 3.01. The maximum Gasteiger partial charge on any atom is 0.337 e. The van der Waals surface area contributed by atoms with E-state index in [4.69, 9.17) is 0 Å². The standard InChI is InChI=1S/C10H11FO2/c1-3-7-4-8(10(12)13-2)6-9(11)5-7/h4-6H,3H2,1-2H3. The Balaban J connectivity index is 3.08. The normalized spacial score (nSPS) is 9.77. The lowest BCUT2D eigenvalue weighted by atomic mass is 10.1. The zero-order valence-electron chi connectivity index (χ0n) is 7.63. The lowest BCUT2D eigenvalue weighted by molar-refractivity contribution is 0.0600. The average molecular weight is 182 g/mol. The van der Waals surface area contributed by atoms with E-state index in [2.05, 4.69) is 4.74 Å². The van der Waals surface area contributed by atoms with E-state index in [0.717, 1.165) is 5.56 Å². The van der Waals surface area contributed by atoms with E-state index in [9.17, 15) is 9.18 Å². The van der Waals surface area contributed by atoms with Crippen molar-refractivity contribution in [3.05, 3.63) is 35.1 Å². The lowest BCUT2D eigenvalue weighted by Gasteiger charge is -2.02. The molecule has 0 amide bonds. The van der Waals surface area contributed by atoms with Crippen LogP contribution in [0.4, 0.5) is 4.39 Å². The van der Waals surface area contributed by atoms with Crippen molar-refractivity contribution in [2.24, 2.45) is 0 Å². The van der Waals surface area contributed by atoms with E-state index < -0.39 is 11.8 Å². The van der Waals surface area contributed by atoms with Gasteiger partial charge >= 0.3 is 5.97 Å². The summed E-state index contributed by atoms with van der Waals surface area (Å²) in [6.45, 7) is 1.90. The minimum atomic E-state index is -0.505. The van der Waals surface area contributed by atoms with Crippen molar-refractivity contribution in [2.45, 2.75) is 13.3 Å². The summed E-state index contributed by atoms with van der Waals surface area (Å²) in [4.78, 5) is 11.0. The number of hydrogen-bond acceptors (Lipinski definition) is 2. The van der Waals surface area contributed by atoms with Gasteiger partial charge in [0.25, 0.3) is 0 Å². The Bertz CT molecular complexity index is 321. The molecule has 70 valence electrons. The third-order valence-corrected chi connectivity index (χ3v) is 1.79. The third kappa shape index (κ3) is 2.28. The highest BCUT2D eigenvalue weighted by Gasteiger charge is 2.07. The minimum absolute atomic E-state index is 0.263. The first kappa shape index (κ1) is 9.71. The van der Waals surface area contributed by atoms with Crippen LogP contribution < -0.4 is 0 Å². The van der Waals surface area contributed by atoms with Crippen molar-refractivity contribution < 1.29 is 13.9 Å². The molecule has 0 unspecified atom stereocenters. The maximum absolute atomic E-state index is 12.9. The van der Waals surface area contributed by atoms with Crippen LogP contribution in [0.25, 0.3) is 0 Å². The predicted octanol–water partition coefficient (Wildman–Crippen LogP) is 2.17. The van der Waals surface area contributed by atoms with E-state index in [0.29, 0.717) is 6.42 Å². The molecule has 13 heavy (non-hydrogen) atoms. The van der Waals surface area contributed by atoms with Crippen LogP contribution in [-0.4, -0.2) is 13.1 Å². The zero-order chi connectivity index (χ0) is 9.84. The van der Waals surface area contributed by atoms with E-state index in [1.54, 1.807) is 6.07 Å². The number of methoxy groups -OCH3 is 1. The van der Waals surface area contributed by atoms with Crippen LogP contribution in [0.5, 0.6) is 0 Å². The van der Waals surface area contributed by atoms with Crippen molar-refractivity contribution in [2.75, 3.05) is 7.11 Å². The number of ether oxygens (including phenoxy) is 1. The topological polar surface area (TPSA) is 26.3 Å². The van der Waals surface area contributed by atoms with E-state index in [1.807, 2.05) is 6.92 Å². The van der Waals surface area contributed by atoms with Gasteiger partial charge in [0.15, 0.2) is 0 Å². The van der Waals surface area contributed by atoms with Crippen molar-refractivity contribution >= 4 is 5.97 Å². The summed E-state index contributed by atoms with van der Waals surface area (Å²) in [6, 6.07) is 4.21. The molecule has 0 aliphatic carbocycles. The Morgan fingerprint density at radius 2 is 2.15 bits per heavy atom. The van der Waals surface area contributed by atoms with Crippen LogP contribution in [0, 0.1) is 5.82 Å². The second kappa shape index (κ2) is 4.03. The Labute approximate surface area is 76.3 Å². The number of hydrogen-bond donors (Lipinski definition) is 0. The number of benzene rings is 1. The molecule has 2 nitrogen and oxygen atoms in total. The monoisotopic (exact) mass is 182 g/mol. The SMILES string of the molecule is CCc1cc(F)cc(C(=O)OC)c1. The second-order valence-corrected chi connectivity index (χ2v) is 2.69. The lowest BCUT2D eigenvalue weighted by Crippen LogP contribution is -2.02. The molecule has 1 aromatic carbocycles. The smallest absolute Gasteiger partial charge is 0.337 e. The molecule has 0 heterocycles. The number of esters is 1. The maximum atomic E-state index is 12.9. The molecule has 0 spiro atoms. The summed E-state index contributed by atoms with van der Waals surface area (Å²) in [7, 11) is 1.28. The van der Waals surface area contributed by atoms with Crippen molar-refractivity contribution in [3.8, 4) is 0 Å². The first-order chi connectivity index (χ1) is 6.17. The number of carbonyl (C=O) groups is 1. The number of halogens is 1. The molecular formula is C10H11FO2. The fourth-order valence-electron chi connectivity index (χ4n) is 1.09. The molecule has 0 aromatic heterocycles. The largest absolute Gasteiger partial charge is 0.465 e. The summed E-state index contributed by atoms with van der Waals surface area (Å²) in [5.41, 5.74) is 1.06. The highest BCUT2D eigenvalue weighted by atomic mass is 19.1. The summed E-state index contributed by atoms with van der Waals surface area (Å²) >= 11 is 0. The molecular weight excluding hydrogens is 171 g/mol.